The first-order valence-electron chi connectivity index (χ1n) is 7.12. The highest BCUT2D eigenvalue weighted by atomic mass is 16.5. The zero-order chi connectivity index (χ0) is 13.7. The van der Waals surface area contributed by atoms with E-state index in [1.54, 1.807) is 0 Å². The molecule has 2 rings (SSSR count). The van der Waals surface area contributed by atoms with Crippen LogP contribution in [0.4, 0.5) is 0 Å². The number of carbonyl (C=O) groups is 1. The van der Waals surface area contributed by atoms with Gasteiger partial charge in [-0.15, -0.1) is 0 Å². The number of aryl methyl sites for hydroxylation is 1. The third kappa shape index (κ3) is 4.35. The summed E-state index contributed by atoms with van der Waals surface area (Å²) in [6.07, 6.45) is 3.11. The summed E-state index contributed by atoms with van der Waals surface area (Å²) in [4.78, 5) is 11.7. The Bertz CT molecular complexity index is 427. The maximum Gasteiger partial charge on any atom is 0.309 e. The Labute approximate surface area is 115 Å². The molecule has 0 spiro atoms. The van der Waals surface area contributed by atoms with Crippen LogP contribution in [-0.4, -0.2) is 18.6 Å². The van der Waals surface area contributed by atoms with Gasteiger partial charge in [-0.05, 0) is 32.3 Å². The van der Waals surface area contributed by atoms with Crippen molar-refractivity contribution in [2.75, 3.05) is 6.54 Å². The van der Waals surface area contributed by atoms with Crippen molar-refractivity contribution >= 4 is 5.97 Å². The molecule has 1 atom stereocenters. The molecule has 0 radical (unpaired) electrons. The molecule has 1 aromatic carbocycles. The van der Waals surface area contributed by atoms with Crippen LogP contribution in [0.25, 0.3) is 0 Å². The first kappa shape index (κ1) is 14.1. The predicted octanol–water partition coefficient (Wildman–Crippen LogP) is 2.82. The molecule has 1 saturated carbocycles. The lowest BCUT2D eigenvalue weighted by molar-refractivity contribution is -0.155. The third-order valence-electron chi connectivity index (χ3n) is 3.60. The maximum atomic E-state index is 11.7. The molecule has 1 N–H and O–H groups in total. The second kappa shape index (κ2) is 6.71. The molecule has 3 heteroatoms. The van der Waals surface area contributed by atoms with Gasteiger partial charge < -0.3 is 10.1 Å². The summed E-state index contributed by atoms with van der Waals surface area (Å²) in [6.45, 7) is 5.55. The van der Waals surface area contributed by atoms with Crippen LogP contribution >= 0.6 is 0 Å². The summed E-state index contributed by atoms with van der Waals surface area (Å²) in [5, 5.41) is 3.33. The van der Waals surface area contributed by atoms with Gasteiger partial charge in [0.05, 0.1) is 5.92 Å². The van der Waals surface area contributed by atoms with Crippen LogP contribution in [0, 0.1) is 12.8 Å². The molecule has 0 bridgehead atoms. The predicted molar refractivity (Wildman–Crippen MR) is 75.8 cm³/mol. The fourth-order valence-electron chi connectivity index (χ4n) is 2.22. The maximum absolute atomic E-state index is 11.7. The molecule has 0 aromatic heterocycles. The van der Waals surface area contributed by atoms with Crippen molar-refractivity contribution in [1.82, 2.24) is 5.32 Å². The monoisotopic (exact) mass is 261 g/mol. The molecule has 0 heterocycles. The van der Waals surface area contributed by atoms with Gasteiger partial charge >= 0.3 is 5.97 Å². The minimum absolute atomic E-state index is 0.0175. The molecule has 0 amide bonds. The fourth-order valence-corrected chi connectivity index (χ4v) is 2.22. The summed E-state index contributed by atoms with van der Waals surface area (Å²) < 4.78 is 5.41. The van der Waals surface area contributed by atoms with Crippen molar-refractivity contribution in [1.29, 1.82) is 0 Å². The average molecular weight is 261 g/mol. The second-order valence-electron chi connectivity index (χ2n) is 5.50. The van der Waals surface area contributed by atoms with E-state index in [1.807, 2.05) is 6.92 Å². The number of esters is 1. The van der Waals surface area contributed by atoms with Gasteiger partial charge in [0.25, 0.3) is 0 Å². The van der Waals surface area contributed by atoms with E-state index >= 15 is 0 Å². The van der Waals surface area contributed by atoms with Gasteiger partial charge in [-0.25, -0.2) is 0 Å². The van der Waals surface area contributed by atoms with E-state index in [2.05, 4.69) is 36.5 Å². The number of carbonyl (C=O) groups excluding carboxylic acids is 1. The molecular weight excluding hydrogens is 238 g/mol. The highest BCUT2D eigenvalue weighted by Gasteiger charge is 2.27. The van der Waals surface area contributed by atoms with Gasteiger partial charge in [0.15, 0.2) is 0 Å². The van der Waals surface area contributed by atoms with Crippen molar-refractivity contribution in [3.05, 3.63) is 35.4 Å². The minimum Gasteiger partial charge on any atom is -0.461 e. The van der Waals surface area contributed by atoms with Crippen LogP contribution in [-0.2, 0) is 16.1 Å². The molecular formula is C16H23NO2. The number of rotatable bonds is 6. The molecule has 0 saturated heterocycles. The number of hydrogen-bond acceptors (Lipinski definition) is 3. The zero-order valence-corrected chi connectivity index (χ0v) is 11.8. The summed E-state index contributed by atoms with van der Waals surface area (Å²) in [5.74, 6) is 0.148. The number of hydrogen-bond donors (Lipinski definition) is 1. The van der Waals surface area contributed by atoms with Crippen molar-refractivity contribution in [3.8, 4) is 0 Å². The highest BCUT2D eigenvalue weighted by molar-refractivity contribution is 5.73. The standard InChI is InChI=1S/C16H23NO2/c1-12-5-3-6-14(9-12)11-17-10-13(2)19-16(18)15-7-4-8-15/h3,5-6,9,13,15,17H,4,7-8,10-11H2,1-2H3. The van der Waals surface area contributed by atoms with E-state index in [0.717, 1.165) is 19.4 Å². The minimum atomic E-state index is -0.0575. The van der Waals surface area contributed by atoms with E-state index < -0.39 is 0 Å². The lowest BCUT2D eigenvalue weighted by atomic mass is 9.86. The van der Waals surface area contributed by atoms with Crippen LogP contribution in [0.1, 0.15) is 37.3 Å². The number of nitrogens with one attached hydrogen (secondary N) is 1. The lowest BCUT2D eigenvalue weighted by Gasteiger charge is -2.25. The van der Waals surface area contributed by atoms with Gasteiger partial charge in [-0.1, -0.05) is 36.2 Å². The van der Waals surface area contributed by atoms with Crippen LogP contribution in [0.15, 0.2) is 24.3 Å². The molecule has 0 aliphatic heterocycles. The van der Waals surface area contributed by atoms with E-state index in [4.69, 9.17) is 4.74 Å². The normalized spacial score (nSPS) is 16.7. The number of ether oxygens (including phenoxy) is 1. The van der Waals surface area contributed by atoms with E-state index in [9.17, 15) is 4.79 Å². The van der Waals surface area contributed by atoms with E-state index in [-0.39, 0.29) is 18.0 Å². The molecule has 1 aliphatic carbocycles. The molecule has 3 nitrogen and oxygen atoms in total. The van der Waals surface area contributed by atoms with Gasteiger partial charge in [0.1, 0.15) is 6.10 Å². The summed E-state index contributed by atoms with van der Waals surface area (Å²) in [6, 6.07) is 8.42. The van der Waals surface area contributed by atoms with Crippen molar-refractivity contribution < 1.29 is 9.53 Å². The third-order valence-corrected chi connectivity index (χ3v) is 3.60. The van der Waals surface area contributed by atoms with Crippen molar-refractivity contribution in [3.63, 3.8) is 0 Å². The van der Waals surface area contributed by atoms with Gasteiger partial charge in [-0.3, -0.25) is 4.79 Å². The topological polar surface area (TPSA) is 38.3 Å². The van der Waals surface area contributed by atoms with Gasteiger partial charge in [0.2, 0.25) is 0 Å². The highest BCUT2D eigenvalue weighted by Crippen LogP contribution is 2.27. The fraction of sp³-hybridized carbons (Fsp3) is 0.562. The first-order valence-corrected chi connectivity index (χ1v) is 7.12. The van der Waals surface area contributed by atoms with Crippen LogP contribution < -0.4 is 5.32 Å². The molecule has 19 heavy (non-hydrogen) atoms. The van der Waals surface area contributed by atoms with E-state index in [0.29, 0.717) is 6.54 Å². The molecule has 1 aliphatic rings. The Morgan fingerprint density at radius 2 is 2.26 bits per heavy atom. The summed E-state index contributed by atoms with van der Waals surface area (Å²) in [5.41, 5.74) is 2.53. The van der Waals surface area contributed by atoms with Crippen molar-refractivity contribution in [2.24, 2.45) is 5.92 Å². The summed E-state index contributed by atoms with van der Waals surface area (Å²) in [7, 11) is 0. The quantitative estimate of drug-likeness (QED) is 0.800. The van der Waals surface area contributed by atoms with Gasteiger partial charge in [0, 0.05) is 13.1 Å². The smallest absolute Gasteiger partial charge is 0.309 e. The molecule has 1 aromatic rings. The Kier molecular flexibility index (Phi) is 4.97. The van der Waals surface area contributed by atoms with E-state index in [1.165, 1.54) is 17.5 Å². The molecule has 1 unspecified atom stereocenters. The number of benzene rings is 1. The molecule has 104 valence electrons. The lowest BCUT2D eigenvalue weighted by Crippen LogP contribution is -2.32. The first-order chi connectivity index (χ1) is 9.15. The SMILES string of the molecule is Cc1cccc(CNCC(C)OC(=O)C2CCC2)c1. The van der Waals surface area contributed by atoms with Crippen LogP contribution in [0.5, 0.6) is 0 Å². The Hall–Kier alpha value is -1.35. The molecule has 1 fully saturated rings. The van der Waals surface area contributed by atoms with Crippen molar-refractivity contribution in [2.45, 2.75) is 45.8 Å². The largest absolute Gasteiger partial charge is 0.461 e. The second-order valence-corrected chi connectivity index (χ2v) is 5.50. The Balaban J connectivity index is 1.66. The average Bonchev–Trinajstić information content (AvgIpc) is 2.26. The van der Waals surface area contributed by atoms with Crippen LogP contribution in [0.2, 0.25) is 0 Å². The summed E-state index contributed by atoms with van der Waals surface area (Å²) >= 11 is 0. The van der Waals surface area contributed by atoms with Gasteiger partial charge in [-0.2, -0.15) is 0 Å². The Morgan fingerprint density at radius 1 is 1.47 bits per heavy atom. The Morgan fingerprint density at radius 3 is 2.89 bits per heavy atom. The van der Waals surface area contributed by atoms with Crippen LogP contribution in [0.3, 0.4) is 0 Å². The zero-order valence-electron chi connectivity index (χ0n) is 11.8.